The zero-order valence-corrected chi connectivity index (χ0v) is 11.0. The summed E-state index contributed by atoms with van der Waals surface area (Å²) in [5.41, 5.74) is 2.32. The van der Waals surface area contributed by atoms with Crippen molar-refractivity contribution in [3.05, 3.63) is 35.4 Å². The molecule has 94 valence electrons. The maximum absolute atomic E-state index is 11.5. The predicted molar refractivity (Wildman–Crippen MR) is 70.1 cm³/mol. The highest BCUT2D eigenvalue weighted by Crippen LogP contribution is 2.15. The minimum atomic E-state index is -0.129. The van der Waals surface area contributed by atoms with Crippen molar-refractivity contribution in [2.45, 2.75) is 46.0 Å². The standard InChI is InChI=1S/C15H22O2/c1-4-5-10-17-15(16)11-13-6-8-14(9-7-13)12(2)3/h6-9,12H,4-5,10-11H2,1-3H3. The molecule has 1 aromatic rings. The Morgan fingerprint density at radius 1 is 1.24 bits per heavy atom. The first kappa shape index (κ1) is 13.8. The Hall–Kier alpha value is -1.31. The number of ether oxygens (including phenoxy) is 1. The van der Waals surface area contributed by atoms with Gasteiger partial charge < -0.3 is 4.74 Å². The van der Waals surface area contributed by atoms with Crippen molar-refractivity contribution in [2.75, 3.05) is 6.61 Å². The fourth-order valence-electron chi connectivity index (χ4n) is 1.57. The van der Waals surface area contributed by atoms with Crippen LogP contribution < -0.4 is 0 Å². The second-order valence-corrected chi connectivity index (χ2v) is 4.65. The average Bonchev–Trinajstić information content (AvgIpc) is 2.30. The van der Waals surface area contributed by atoms with Gasteiger partial charge in [0.15, 0.2) is 0 Å². The van der Waals surface area contributed by atoms with Crippen molar-refractivity contribution in [3.8, 4) is 0 Å². The highest BCUT2D eigenvalue weighted by molar-refractivity contribution is 5.72. The molecule has 0 radical (unpaired) electrons. The van der Waals surface area contributed by atoms with Crippen molar-refractivity contribution in [3.63, 3.8) is 0 Å². The van der Waals surface area contributed by atoms with Gasteiger partial charge in [0, 0.05) is 0 Å². The van der Waals surface area contributed by atoms with Crippen LogP contribution in [0, 0.1) is 0 Å². The summed E-state index contributed by atoms with van der Waals surface area (Å²) in [6.45, 7) is 6.94. The van der Waals surface area contributed by atoms with Gasteiger partial charge in [0.2, 0.25) is 0 Å². The summed E-state index contributed by atoms with van der Waals surface area (Å²) in [6, 6.07) is 8.19. The van der Waals surface area contributed by atoms with E-state index >= 15 is 0 Å². The molecule has 0 fully saturated rings. The molecule has 0 saturated carbocycles. The van der Waals surface area contributed by atoms with Crippen molar-refractivity contribution in [1.82, 2.24) is 0 Å². The number of unbranched alkanes of at least 4 members (excludes halogenated alkanes) is 1. The minimum absolute atomic E-state index is 0.129. The second-order valence-electron chi connectivity index (χ2n) is 4.65. The van der Waals surface area contributed by atoms with Crippen LogP contribution >= 0.6 is 0 Å². The maximum atomic E-state index is 11.5. The quantitative estimate of drug-likeness (QED) is 0.554. The first-order chi connectivity index (χ1) is 8.13. The van der Waals surface area contributed by atoms with Crippen LogP contribution in [0.1, 0.15) is 50.7 Å². The molecule has 0 amide bonds. The summed E-state index contributed by atoms with van der Waals surface area (Å²) in [5.74, 6) is 0.399. The average molecular weight is 234 g/mol. The van der Waals surface area contributed by atoms with Crippen LogP contribution in [0.15, 0.2) is 24.3 Å². The van der Waals surface area contributed by atoms with Gasteiger partial charge in [-0.3, -0.25) is 4.79 Å². The summed E-state index contributed by atoms with van der Waals surface area (Å²) in [4.78, 5) is 11.5. The van der Waals surface area contributed by atoms with E-state index in [4.69, 9.17) is 4.74 Å². The van der Waals surface area contributed by atoms with E-state index in [9.17, 15) is 4.79 Å². The van der Waals surface area contributed by atoms with Crippen molar-refractivity contribution in [2.24, 2.45) is 0 Å². The van der Waals surface area contributed by atoms with E-state index in [-0.39, 0.29) is 5.97 Å². The van der Waals surface area contributed by atoms with Crippen LogP contribution in [0.5, 0.6) is 0 Å². The van der Waals surface area contributed by atoms with Gasteiger partial charge in [0.1, 0.15) is 0 Å². The normalized spacial score (nSPS) is 10.6. The maximum Gasteiger partial charge on any atom is 0.310 e. The number of carbonyl (C=O) groups is 1. The molecule has 1 aromatic carbocycles. The van der Waals surface area contributed by atoms with Gasteiger partial charge in [-0.25, -0.2) is 0 Å². The van der Waals surface area contributed by atoms with E-state index in [0.717, 1.165) is 18.4 Å². The highest BCUT2D eigenvalue weighted by atomic mass is 16.5. The predicted octanol–water partition coefficient (Wildman–Crippen LogP) is 3.70. The Morgan fingerprint density at radius 2 is 1.88 bits per heavy atom. The zero-order chi connectivity index (χ0) is 12.7. The van der Waals surface area contributed by atoms with Crippen LogP contribution in [0.3, 0.4) is 0 Å². The summed E-state index contributed by atoms with van der Waals surface area (Å²) in [5, 5.41) is 0. The molecule has 0 aromatic heterocycles. The fraction of sp³-hybridized carbons (Fsp3) is 0.533. The van der Waals surface area contributed by atoms with Gasteiger partial charge in [-0.05, 0) is 23.5 Å². The number of hydrogen-bond acceptors (Lipinski definition) is 2. The van der Waals surface area contributed by atoms with E-state index in [0.29, 0.717) is 18.9 Å². The lowest BCUT2D eigenvalue weighted by atomic mass is 10.0. The molecule has 0 aliphatic heterocycles. The van der Waals surface area contributed by atoms with Gasteiger partial charge in [0.25, 0.3) is 0 Å². The molecular formula is C15H22O2. The number of benzene rings is 1. The van der Waals surface area contributed by atoms with Crippen LogP contribution in [-0.2, 0) is 16.0 Å². The molecule has 0 N–H and O–H groups in total. The van der Waals surface area contributed by atoms with E-state index in [2.05, 4.69) is 32.9 Å². The SMILES string of the molecule is CCCCOC(=O)Cc1ccc(C(C)C)cc1. The van der Waals surface area contributed by atoms with Gasteiger partial charge >= 0.3 is 5.97 Å². The molecule has 2 nitrogen and oxygen atoms in total. The van der Waals surface area contributed by atoms with Crippen molar-refractivity contribution in [1.29, 1.82) is 0 Å². The Morgan fingerprint density at radius 3 is 2.41 bits per heavy atom. The van der Waals surface area contributed by atoms with Crippen LogP contribution in [0.4, 0.5) is 0 Å². The first-order valence-electron chi connectivity index (χ1n) is 6.38. The van der Waals surface area contributed by atoms with E-state index in [1.807, 2.05) is 12.1 Å². The van der Waals surface area contributed by atoms with Crippen molar-refractivity contribution < 1.29 is 9.53 Å². The third-order valence-corrected chi connectivity index (χ3v) is 2.76. The molecule has 0 atom stereocenters. The topological polar surface area (TPSA) is 26.3 Å². The third kappa shape index (κ3) is 5.03. The minimum Gasteiger partial charge on any atom is -0.465 e. The molecule has 0 unspecified atom stereocenters. The molecule has 0 bridgehead atoms. The molecule has 2 heteroatoms. The van der Waals surface area contributed by atoms with E-state index < -0.39 is 0 Å². The highest BCUT2D eigenvalue weighted by Gasteiger charge is 2.05. The Balaban J connectivity index is 2.43. The summed E-state index contributed by atoms with van der Waals surface area (Å²) < 4.78 is 5.13. The summed E-state index contributed by atoms with van der Waals surface area (Å²) in [7, 11) is 0. The van der Waals surface area contributed by atoms with Gasteiger partial charge in [-0.15, -0.1) is 0 Å². The van der Waals surface area contributed by atoms with Crippen LogP contribution in [0.25, 0.3) is 0 Å². The molecule has 0 saturated heterocycles. The third-order valence-electron chi connectivity index (χ3n) is 2.76. The Bertz CT molecular complexity index is 338. The monoisotopic (exact) mass is 234 g/mol. The lowest BCUT2D eigenvalue weighted by Gasteiger charge is -2.07. The first-order valence-corrected chi connectivity index (χ1v) is 6.38. The van der Waals surface area contributed by atoms with Gasteiger partial charge in [-0.2, -0.15) is 0 Å². The van der Waals surface area contributed by atoms with E-state index in [1.165, 1.54) is 5.56 Å². The molecule has 0 aliphatic carbocycles. The largest absolute Gasteiger partial charge is 0.465 e. The van der Waals surface area contributed by atoms with Crippen LogP contribution in [-0.4, -0.2) is 12.6 Å². The molecular weight excluding hydrogens is 212 g/mol. The van der Waals surface area contributed by atoms with Crippen molar-refractivity contribution >= 4 is 5.97 Å². The molecule has 17 heavy (non-hydrogen) atoms. The lowest BCUT2D eigenvalue weighted by molar-refractivity contribution is -0.142. The lowest BCUT2D eigenvalue weighted by Crippen LogP contribution is -2.08. The Labute approximate surface area is 104 Å². The summed E-state index contributed by atoms with van der Waals surface area (Å²) >= 11 is 0. The van der Waals surface area contributed by atoms with E-state index in [1.54, 1.807) is 0 Å². The summed E-state index contributed by atoms with van der Waals surface area (Å²) in [6.07, 6.45) is 2.37. The smallest absolute Gasteiger partial charge is 0.310 e. The number of hydrogen-bond donors (Lipinski definition) is 0. The molecule has 0 heterocycles. The molecule has 0 aliphatic rings. The molecule has 0 spiro atoms. The van der Waals surface area contributed by atoms with Gasteiger partial charge in [0.05, 0.1) is 13.0 Å². The van der Waals surface area contributed by atoms with Gasteiger partial charge in [-0.1, -0.05) is 51.5 Å². The van der Waals surface area contributed by atoms with Crippen LogP contribution in [0.2, 0.25) is 0 Å². The Kier molecular flexibility index (Phi) is 5.75. The fourth-order valence-corrected chi connectivity index (χ4v) is 1.57. The second kappa shape index (κ2) is 7.10. The number of esters is 1. The molecule has 1 rings (SSSR count). The number of rotatable bonds is 6. The zero-order valence-electron chi connectivity index (χ0n) is 11.0. The number of carbonyl (C=O) groups excluding carboxylic acids is 1.